The molecule has 1 atom stereocenters. The Labute approximate surface area is 143 Å². The summed E-state index contributed by atoms with van der Waals surface area (Å²) >= 11 is 0. The number of sulfone groups is 1. The van der Waals surface area contributed by atoms with Crippen LogP contribution in [0.3, 0.4) is 0 Å². The molecule has 0 aliphatic rings. The number of furan rings is 1. The minimum Gasteiger partial charge on any atom is -0.455 e. The van der Waals surface area contributed by atoms with E-state index in [-0.39, 0.29) is 29.2 Å². The molecule has 24 heavy (non-hydrogen) atoms. The molecule has 0 aliphatic carbocycles. The van der Waals surface area contributed by atoms with E-state index in [0.717, 1.165) is 12.7 Å². The summed E-state index contributed by atoms with van der Waals surface area (Å²) in [5, 5.41) is 2.88. The van der Waals surface area contributed by atoms with Crippen LogP contribution in [0, 0.1) is 13.8 Å². The summed E-state index contributed by atoms with van der Waals surface area (Å²) in [6.45, 7) is 6.03. The van der Waals surface area contributed by atoms with E-state index >= 15 is 0 Å². The Hall–Kier alpha value is -2.08. The van der Waals surface area contributed by atoms with Crippen molar-refractivity contribution < 1.29 is 17.6 Å². The molecule has 0 radical (unpaired) electrons. The Morgan fingerprint density at radius 1 is 1.21 bits per heavy atom. The molecule has 2 rings (SSSR count). The topological polar surface area (TPSA) is 76.4 Å². The van der Waals surface area contributed by atoms with Crippen LogP contribution in [0.1, 0.15) is 39.9 Å². The first-order chi connectivity index (χ1) is 11.1. The quantitative estimate of drug-likeness (QED) is 0.870. The second kappa shape index (κ2) is 7.21. The van der Waals surface area contributed by atoms with Crippen molar-refractivity contribution in [3.05, 3.63) is 58.5 Å². The van der Waals surface area contributed by atoms with Gasteiger partial charge in [0, 0.05) is 12.3 Å². The van der Waals surface area contributed by atoms with Crippen molar-refractivity contribution in [3.8, 4) is 0 Å². The van der Waals surface area contributed by atoms with Crippen molar-refractivity contribution >= 4 is 15.7 Å². The first-order valence-corrected chi connectivity index (χ1v) is 9.83. The second-order valence-corrected chi connectivity index (χ2v) is 8.48. The van der Waals surface area contributed by atoms with Gasteiger partial charge in [-0.05, 0) is 50.5 Å². The molecule has 1 aromatic carbocycles. The van der Waals surface area contributed by atoms with Crippen molar-refractivity contribution in [2.45, 2.75) is 39.0 Å². The van der Waals surface area contributed by atoms with E-state index in [9.17, 15) is 13.2 Å². The molecule has 1 N–H and O–H groups in total. The predicted molar refractivity (Wildman–Crippen MR) is 93.8 cm³/mol. The van der Waals surface area contributed by atoms with E-state index in [2.05, 4.69) is 30.4 Å². The molecule has 0 unspecified atom stereocenters. The summed E-state index contributed by atoms with van der Waals surface area (Å²) in [6, 6.07) is 9.20. The third-order valence-corrected chi connectivity index (χ3v) is 4.50. The van der Waals surface area contributed by atoms with E-state index in [0.29, 0.717) is 0 Å². The van der Waals surface area contributed by atoms with Crippen LogP contribution in [0.5, 0.6) is 0 Å². The summed E-state index contributed by atoms with van der Waals surface area (Å²) in [5.74, 6) is -0.156. The van der Waals surface area contributed by atoms with Crippen molar-refractivity contribution in [2.75, 3.05) is 6.26 Å². The molecule has 0 spiro atoms. The van der Waals surface area contributed by atoms with E-state index in [1.807, 2.05) is 13.8 Å². The number of rotatable bonds is 6. The van der Waals surface area contributed by atoms with E-state index in [1.165, 1.54) is 28.8 Å². The Kier molecular flexibility index (Phi) is 5.49. The van der Waals surface area contributed by atoms with E-state index < -0.39 is 9.84 Å². The summed E-state index contributed by atoms with van der Waals surface area (Å²) in [7, 11) is -3.19. The van der Waals surface area contributed by atoms with Gasteiger partial charge in [-0.2, -0.15) is 0 Å². The van der Waals surface area contributed by atoms with Gasteiger partial charge in [-0.15, -0.1) is 0 Å². The first-order valence-electron chi connectivity index (χ1n) is 7.77. The lowest BCUT2D eigenvalue weighted by atomic mass is 10.00. The summed E-state index contributed by atoms with van der Waals surface area (Å²) in [4.78, 5) is 12.2. The normalized spacial score (nSPS) is 12.8. The lowest BCUT2D eigenvalue weighted by Gasteiger charge is -2.15. The van der Waals surface area contributed by atoms with Gasteiger partial charge >= 0.3 is 0 Å². The zero-order chi connectivity index (χ0) is 17.9. The van der Waals surface area contributed by atoms with Gasteiger partial charge < -0.3 is 9.73 Å². The van der Waals surface area contributed by atoms with Crippen LogP contribution in [0.15, 0.2) is 34.7 Å². The van der Waals surface area contributed by atoms with Gasteiger partial charge in [0.25, 0.3) is 5.91 Å². The fraction of sp³-hybridized carbons (Fsp3) is 0.389. The van der Waals surface area contributed by atoms with E-state index in [1.54, 1.807) is 0 Å². The monoisotopic (exact) mass is 349 g/mol. The number of amides is 1. The van der Waals surface area contributed by atoms with Crippen molar-refractivity contribution in [1.82, 2.24) is 5.32 Å². The standard InChI is InChI=1S/C18H23NO4S/c1-12-5-6-15(13(2)9-12)10-14(3)19-18(20)17-8-7-16(23-17)11-24(4,21)22/h5-9,14H,10-11H2,1-4H3,(H,19,20)/t14-/m0/s1. The van der Waals surface area contributed by atoms with Crippen LogP contribution in [0.2, 0.25) is 0 Å². The molecule has 2 aromatic rings. The maximum atomic E-state index is 12.2. The van der Waals surface area contributed by atoms with Crippen LogP contribution >= 0.6 is 0 Å². The van der Waals surface area contributed by atoms with Gasteiger partial charge in [0.2, 0.25) is 0 Å². The average molecular weight is 349 g/mol. The fourth-order valence-electron chi connectivity index (χ4n) is 2.59. The second-order valence-electron chi connectivity index (χ2n) is 6.34. The highest BCUT2D eigenvalue weighted by Gasteiger charge is 2.16. The predicted octanol–water partition coefficient (Wildman–Crippen LogP) is 2.80. The maximum absolute atomic E-state index is 12.2. The fourth-order valence-corrected chi connectivity index (χ4v) is 3.26. The van der Waals surface area contributed by atoms with Crippen molar-refractivity contribution in [3.63, 3.8) is 0 Å². The van der Waals surface area contributed by atoms with Crippen molar-refractivity contribution in [1.29, 1.82) is 0 Å². The Balaban J connectivity index is 1.98. The van der Waals surface area contributed by atoms with Gasteiger partial charge in [-0.1, -0.05) is 23.8 Å². The zero-order valence-electron chi connectivity index (χ0n) is 14.4. The molecule has 1 heterocycles. The van der Waals surface area contributed by atoms with Crippen LogP contribution < -0.4 is 5.32 Å². The lowest BCUT2D eigenvalue weighted by Crippen LogP contribution is -2.34. The first kappa shape index (κ1) is 18.3. The number of hydrogen-bond donors (Lipinski definition) is 1. The number of hydrogen-bond acceptors (Lipinski definition) is 4. The minimum absolute atomic E-state index is 0.0673. The molecule has 0 saturated carbocycles. The molecule has 6 heteroatoms. The summed E-state index contributed by atoms with van der Waals surface area (Å²) in [6.07, 6.45) is 1.84. The van der Waals surface area contributed by atoms with Gasteiger partial charge in [0.05, 0.1) is 0 Å². The molecule has 0 bridgehead atoms. The molecule has 0 fully saturated rings. The molecule has 0 saturated heterocycles. The number of benzene rings is 1. The average Bonchev–Trinajstić information content (AvgIpc) is 2.88. The number of carbonyl (C=O) groups is 1. The number of nitrogens with one attached hydrogen (secondary N) is 1. The van der Waals surface area contributed by atoms with Crippen LogP contribution in [-0.4, -0.2) is 26.6 Å². The summed E-state index contributed by atoms with van der Waals surface area (Å²) in [5.41, 5.74) is 3.59. The third-order valence-electron chi connectivity index (χ3n) is 3.69. The highest BCUT2D eigenvalue weighted by Crippen LogP contribution is 2.14. The molecular weight excluding hydrogens is 326 g/mol. The van der Waals surface area contributed by atoms with Crippen molar-refractivity contribution in [2.24, 2.45) is 0 Å². The highest BCUT2D eigenvalue weighted by atomic mass is 32.2. The highest BCUT2D eigenvalue weighted by molar-refractivity contribution is 7.89. The van der Waals surface area contributed by atoms with Crippen LogP contribution in [-0.2, 0) is 22.0 Å². The molecule has 130 valence electrons. The van der Waals surface area contributed by atoms with Gasteiger partial charge in [-0.3, -0.25) is 4.79 Å². The Morgan fingerprint density at radius 2 is 1.92 bits per heavy atom. The molecule has 1 amide bonds. The third kappa shape index (κ3) is 5.23. The van der Waals surface area contributed by atoms with Gasteiger partial charge in [0.15, 0.2) is 15.6 Å². The van der Waals surface area contributed by atoms with Crippen LogP contribution in [0.25, 0.3) is 0 Å². The minimum atomic E-state index is -3.19. The summed E-state index contributed by atoms with van der Waals surface area (Å²) < 4.78 is 27.8. The Morgan fingerprint density at radius 3 is 2.54 bits per heavy atom. The number of carbonyl (C=O) groups excluding carboxylic acids is 1. The Bertz CT molecular complexity index is 836. The zero-order valence-corrected chi connectivity index (χ0v) is 15.2. The molecule has 0 aliphatic heterocycles. The van der Waals surface area contributed by atoms with Crippen LogP contribution in [0.4, 0.5) is 0 Å². The smallest absolute Gasteiger partial charge is 0.287 e. The SMILES string of the molecule is Cc1ccc(C[C@H](C)NC(=O)c2ccc(CS(C)(=O)=O)o2)c(C)c1. The van der Waals surface area contributed by atoms with Gasteiger partial charge in [0.1, 0.15) is 11.5 Å². The molecule has 5 nitrogen and oxygen atoms in total. The number of aryl methyl sites for hydroxylation is 2. The molecular formula is C18H23NO4S. The largest absolute Gasteiger partial charge is 0.455 e. The van der Waals surface area contributed by atoms with E-state index in [4.69, 9.17) is 4.42 Å². The lowest BCUT2D eigenvalue weighted by molar-refractivity contribution is 0.0910. The van der Waals surface area contributed by atoms with Gasteiger partial charge in [-0.25, -0.2) is 8.42 Å². The maximum Gasteiger partial charge on any atom is 0.287 e. The molecule has 1 aromatic heterocycles.